The molecule has 0 unspecified atom stereocenters. The fraction of sp³-hybridized carbons (Fsp3) is 0.143. The van der Waals surface area contributed by atoms with E-state index >= 15 is 0 Å². The van der Waals surface area contributed by atoms with E-state index in [4.69, 9.17) is 10.4 Å². The Kier molecular flexibility index (Phi) is 3.04. The molecule has 0 saturated carbocycles. The maximum absolute atomic E-state index is 11.8. The molecule has 0 bridgehead atoms. The Hall–Kier alpha value is -1.49. The van der Waals surface area contributed by atoms with Gasteiger partial charge < -0.3 is 9.84 Å². The van der Waals surface area contributed by atoms with Crippen LogP contribution in [0.4, 0.5) is 13.2 Å². The largest absolute Gasteiger partial charge is 0.574 e. The lowest BCUT2D eigenvalue weighted by Gasteiger charge is -2.09. The van der Waals surface area contributed by atoms with E-state index in [1.54, 1.807) is 0 Å². The van der Waals surface area contributed by atoms with Gasteiger partial charge in [-0.1, -0.05) is 0 Å². The highest BCUT2D eigenvalue weighted by Gasteiger charge is 2.33. The third-order valence-corrected chi connectivity index (χ3v) is 1.84. The van der Waals surface area contributed by atoms with Crippen LogP contribution < -0.4 is 4.74 Å². The van der Waals surface area contributed by atoms with Crippen molar-refractivity contribution >= 4 is 15.9 Å². The van der Waals surface area contributed by atoms with Gasteiger partial charge in [-0.05, 0) is 15.9 Å². The van der Waals surface area contributed by atoms with Gasteiger partial charge in [0.15, 0.2) is 11.4 Å². The first kappa shape index (κ1) is 11.6. The van der Waals surface area contributed by atoms with E-state index < -0.39 is 18.0 Å². The van der Waals surface area contributed by atoms with Gasteiger partial charge in [0, 0.05) is 6.07 Å². The van der Waals surface area contributed by atoms with Crippen molar-refractivity contribution in [2.75, 3.05) is 0 Å². The second kappa shape index (κ2) is 3.94. The van der Waals surface area contributed by atoms with Crippen molar-refractivity contribution in [3.05, 3.63) is 16.2 Å². The Bertz CT molecular complexity index is 427. The summed E-state index contributed by atoms with van der Waals surface area (Å²) in [4.78, 5) is 3.18. The van der Waals surface area contributed by atoms with Crippen molar-refractivity contribution in [2.45, 2.75) is 6.36 Å². The Labute approximate surface area is 90.0 Å². The van der Waals surface area contributed by atoms with Crippen molar-refractivity contribution in [3.8, 4) is 17.7 Å². The number of alkyl halides is 3. The Morgan fingerprint density at radius 1 is 1.53 bits per heavy atom. The van der Waals surface area contributed by atoms with Gasteiger partial charge in [0.05, 0.1) is 4.47 Å². The molecule has 0 radical (unpaired) electrons. The molecule has 0 atom stereocenters. The van der Waals surface area contributed by atoms with Crippen LogP contribution in [-0.2, 0) is 0 Å². The van der Waals surface area contributed by atoms with Gasteiger partial charge in [0.25, 0.3) is 5.88 Å². The van der Waals surface area contributed by atoms with E-state index in [1.807, 2.05) is 0 Å². The summed E-state index contributed by atoms with van der Waals surface area (Å²) >= 11 is 2.84. The molecule has 0 aliphatic carbocycles. The highest BCUT2D eigenvalue weighted by atomic mass is 79.9. The zero-order valence-electron chi connectivity index (χ0n) is 6.84. The molecule has 1 aromatic heterocycles. The van der Waals surface area contributed by atoms with E-state index in [0.29, 0.717) is 0 Å². The van der Waals surface area contributed by atoms with Gasteiger partial charge in [0.2, 0.25) is 0 Å². The highest BCUT2D eigenvalue weighted by molar-refractivity contribution is 9.10. The molecule has 1 heterocycles. The summed E-state index contributed by atoms with van der Waals surface area (Å²) in [6.07, 6.45) is -4.97. The quantitative estimate of drug-likeness (QED) is 0.858. The van der Waals surface area contributed by atoms with Gasteiger partial charge in [-0.2, -0.15) is 10.2 Å². The lowest BCUT2D eigenvalue weighted by Crippen LogP contribution is -2.18. The standard InChI is InChI=1S/C7H2BrF3N2O2/c8-3-1-5(14)6(13-4(3)2-12)15-7(9,10)11/h1,14H. The van der Waals surface area contributed by atoms with Crippen LogP contribution in [0.5, 0.6) is 11.6 Å². The molecule has 1 rings (SSSR count). The van der Waals surface area contributed by atoms with Gasteiger partial charge in [-0.25, -0.2) is 0 Å². The third kappa shape index (κ3) is 2.99. The average molecular weight is 283 g/mol. The van der Waals surface area contributed by atoms with Crippen molar-refractivity contribution in [2.24, 2.45) is 0 Å². The molecule has 0 aliphatic heterocycles. The average Bonchev–Trinajstić information content (AvgIpc) is 2.07. The molecule has 0 saturated heterocycles. The van der Waals surface area contributed by atoms with Crippen LogP contribution in [-0.4, -0.2) is 16.5 Å². The Morgan fingerprint density at radius 3 is 2.60 bits per heavy atom. The monoisotopic (exact) mass is 282 g/mol. The van der Waals surface area contributed by atoms with Crippen LogP contribution in [0.1, 0.15) is 5.69 Å². The number of ether oxygens (including phenoxy) is 1. The summed E-state index contributed by atoms with van der Waals surface area (Å²) in [5.41, 5.74) is -0.313. The van der Waals surface area contributed by atoms with Gasteiger partial charge in [-0.3, -0.25) is 0 Å². The number of halogens is 4. The van der Waals surface area contributed by atoms with E-state index in [9.17, 15) is 13.2 Å². The summed E-state index contributed by atoms with van der Waals surface area (Å²) in [5, 5.41) is 17.5. The number of aromatic hydroxyl groups is 1. The number of aromatic nitrogens is 1. The fourth-order valence-electron chi connectivity index (χ4n) is 0.725. The van der Waals surface area contributed by atoms with Crippen LogP contribution in [0.25, 0.3) is 0 Å². The zero-order chi connectivity index (χ0) is 11.6. The summed E-state index contributed by atoms with van der Waals surface area (Å²) in [6, 6.07) is 2.43. The van der Waals surface area contributed by atoms with Gasteiger partial charge in [-0.15, -0.1) is 13.2 Å². The molecule has 80 valence electrons. The van der Waals surface area contributed by atoms with Crippen LogP contribution in [0.3, 0.4) is 0 Å². The summed E-state index contributed by atoms with van der Waals surface area (Å²) in [7, 11) is 0. The van der Waals surface area contributed by atoms with Crippen LogP contribution >= 0.6 is 15.9 Å². The van der Waals surface area contributed by atoms with Gasteiger partial charge >= 0.3 is 6.36 Å². The smallest absolute Gasteiger partial charge is 0.503 e. The molecule has 0 fully saturated rings. The maximum Gasteiger partial charge on any atom is 0.574 e. The molecular weight excluding hydrogens is 281 g/mol. The molecule has 0 amide bonds. The van der Waals surface area contributed by atoms with Crippen molar-refractivity contribution in [3.63, 3.8) is 0 Å². The number of rotatable bonds is 1. The van der Waals surface area contributed by atoms with E-state index in [1.165, 1.54) is 6.07 Å². The van der Waals surface area contributed by atoms with Crippen LogP contribution in [0, 0.1) is 11.3 Å². The molecule has 0 aliphatic rings. The van der Waals surface area contributed by atoms with Crippen LogP contribution in [0.15, 0.2) is 10.5 Å². The molecule has 0 aromatic carbocycles. The summed E-state index contributed by atoms with van der Waals surface area (Å²) in [5.74, 6) is -1.86. The van der Waals surface area contributed by atoms with E-state index in [-0.39, 0.29) is 10.2 Å². The minimum atomic E-state index is -4.97. The highest BCUT2D eigenvalue weighted by Crippen LogP contribution is 2.32. The zero-order valence-corrected chi connectivity index (χ0v) is 8.43. The van der Waals surface area contributed by atoms with Crippen molar-refractivity contribution < 1.29 is 23.0 Å². The Balaban J connectivity index is 3.15. The lowest BCUT2D eigenvalue weighted by atomic mass is 10.3. The van der Waals surface area contributed by atoms with Crippen LogP contribution in [0.2, 0.25) is 0 Å². The predicted octanol–water partition coefficient (Wildman–Crippen LogP) is 2.32. The molecular formula is C7H2BrF3N2O2. The number of nitrogens with zero attached hydrogens (tertiary/aromatic N) is 2. The second-order valence-electron chi connectivity index (χ2n) is 2.30. The molecule has 15 heavy (non-hydrogen) atoms. The SMILES string of the molecule is N#Cc1nc(OC(F)(F)F)c(O)cc1Br. The van der Waals surface area contributed by atoms with Gasteiger partial charge in [0.1, 0.15) is 6.07 Å². The first-order chi connectivity index (χ1) is 6.83. The predicted molar refractivity (Wildman–Crippen MR) is 45.0 cm³/mol. The normalized spacial score (nSPS) is 10.9. The number of hydrogen-bond donors (Lipinski definition) is 1. The molecule has 1 aromatic rings. The topological polar surface area (TPSA) is 66.1 Å². The Morgan fingerprint density at radius 2 is 2.13 bits per heavy atom. The van der Waals surface area contributed by atoms with Crippen molar-refractivity contribution in [1.82, 2.24) is 4.98 Å². The number of pyridine rings is 1. The fourth-order valence-corrected chi connectivity index (χ4v) is 1.12. The minimum Gasteiger partial charge on any atom is -0.503 e. The first-order valence-corrected chi connectivity index (χ1v) is 4.18. The third-order valence-electron chi connectivity index (χ3n) is 1.24. The first-order valence-electron chi connectivity index (χ1n) is 3.39. The van der Waals surface area contributed by atoms with Crippen molar-refractivity contribution in [1.29, 1.82) is 5.26 Å². The summed E-state index contributed by atoms with van der Waals surface area (Å²) < 4.78 is 38.8. The lowest BCUT2D eigenvalue weighted by molar-refractivity contribution is -0.276. The number of nitriles is 1. The molecule has 0 spiro atoms. The van der Waals surface area contributed by atoms with E-state index in [2.05, 4.69) is 25.7 Å². The molecule has 8 heteroatoms. The minimum absolute atomic E-state index is 0.0806. The second-order valence-corrected chi connectivity index (χ2v) is 3.16. The number of hydrogen-bond acceptors (Lipinski definition) is 4. The summed E-state index contributed by atoms with van der Waals surface area (Å²) in [6.45, 7) is 0. The maximum atomic E-state index is 11.8. The van der Waals surface area contributed by atoms with E-state index in [0.717, 1.165) is 6.07 Å². The molecule has 1 N–H and O–H groups in total. The molecule has 4 nitrogen and oxygen atoms in total.